The van der Waals surface area contributed by atoms with E-state index in [1.165, 1.54) is 44.2 Å². The zero-order valence-electron chi connectivity index (χ0n) is 11.0. The Morgan fingerprint density at radius 3 is 2.79 bits per heavy atom. The molecule has 0 spiro atoms. The fraction of sp³-hybridized carbons (Fsp3) is 0.615. The van der Waals surface area contributed by atoms with Crippen molar-refractivity contribution in [1.29, 1.82) is 0 Å². The molecule has 2 rings (SSSR count). The SMILES string of the molecule is Nc1ccc([N+](=O)[O-])c(NCCC2CCCCC2)n1. The molecule has 1 aliphatic carbocycles. The predicted octanol–water partition coefficient (Wildman–Crippen LogP) is 2.95. The summed E-state index contributed by atoms with van der Waals surface area (Å²) in [5.41, 5.74) is 5.55. The smallest absolute Gasteiger partial charge is 0.311 e. The van der Waals surface area contributed by atoms with E-state index >= 15 is 0 Å². The van der Waals surface area contributed by atoms with Gasteiger partial charge in [-0.15, -0.1) is 0 Å². The van der Waals surface area contributed by atoms with Crippen LogP contribution in [0.2, 0.25) is 0 Å². The van der Waals surface area contributed by atoms with Crippen molar-refractivity contribution in [3.63, 3.8) is 0 Å². The first kappa shape index (κ1) is 13.6. The summed E-state index contributed by atoms with van der Waals surface area (Å²) in [5.74, 6) is 1.31. The number of nitrogens with one attached hydrogen (secondary N) is 1. The quantitative estimate of drug-likeness (QED) is 0.629. The largest absolute Gasteiger partial charge is 0.384 e. The molecule has 1 fully saturated rings. The number of rotatable bonds is 5. The molecule has 1 aromatic heterocycles. The van der Waals surface area contributed by atoms with Gasteiger partial charge in [0, 0.05) is 12.6 Å². The third-order valence-electron chi connectivity index (χ3n) is 3.66. The second kappa shape index (κ2) is 6.36. The van der Waals surface area contributed by atoms with Crippen LogP contribution >= 0.6 is 0 Å². The van der Waals surface area contributed by atoms with Crippen molar-refractivity contribution in [2.45, 2.75) is 38.5 Å². The standard InChI is InChI=1S/C13H20N4O2/c14-12-7-6-11(17(18)19)13(16-12)15-9-8-10-4-2-1-3-5-10/h6-7,10H,1-5,8-9H2,(H3,14,15,16). The first-order chi connectivity index (χ1) is 9.16. The van der Waals surface area contributed by atoms with Crippen LogP contribution in [-0.2, 0) is 0 Å². The molecule has 0 atom stereocenters. The second-order valence-electron chi connectivity index (χ2n) is 5.08. The summed E-state index contributed by atoms with van der Waals surface area (Å²) in [6.45, 7) is 0.710. The van der Waals surface area contributed by atoms with Crippen molar-refractivity contribution in [3.8, 4) is 0 Å². The molecule has 104 valence electrons. The van der Waals surface area contributed by atoms with Gasteiger partial charge in [-0.2, -0.15) is 0 Å². The number of pyridine rings is 1. The second-order valence-corrected chi connectivity index (χ2v) is 5.08. The van der Waals surface area contributed by atoms with E-state index in [4.69, 9.17) is 5.73 Å². The maximum atomic E-state index is 10.9. The summed E-state index contributed by atoms with van der Waals surface area (Å²) in [6, 6.07) is 2.84. The Balaban J connectivity index is 1.91. The lowest BCUT2D eigenvalue weighted by Crippen LogP contribution is -2.13. The Bertz CT molecular complexity index is 444. The minimum absolute atomic E-state index is 0.0159. The first-order valence-electron chi connectivity index (χ1n) is 6.81. The van der Waals surface area contributed by atoms with Gasteiger partial charge in [-0.3, -0.25) is 10.1 Å². The predicted molar refractivity (Wildman–Crippen MR) is 75.0 cm³/mol. The monoisotopic (exact) mass is 264 g/mol. The molecule has 1 aromatic rings. The lowest BCUT2D eigenvalue weighted by atomic mass is 9.87. The molecule has 0 amide bonds. The Labute approximate surface area is 112 Å². The fourth-order valence-corrected chi connectivity index (χ4v) is 2.61. The minimum Gasteiger partial charge on any atom is -0.384 e. The number of hydrogen-bond acceptors (Lipinski definition) is 5. The third kappa shape index (κ3) is 3.81. The summed E-state index contributed by atoms with van der Waals surface area (Å²) in [4.78, 5) is 14.4. The van der Waals surface area contributed by atoms with Crippen LogP contribution in [0.4, 0.5) is 17.3 Å². The average Bonchev–Trinajstić information content (AvgIpc) is 2.39. The maximum absolute atomic E-state index is 10.9. The van der Waals surface area contributed by atoms with Gasteiger partial charge in [0.05, 0.1) is 4.92 Å². The molecule has 6 heteroatoms. The summed E-state index contributed by atoms with van der Waals surface area (Å²) >= 11 is 0. The van der Waals surface area contributed by atoms with Crippen LogP contribution in [0.25, 0.3) is 0 Å². The highest BCUT2D eigenvalue weighted by Crippen LogP contribution is 2.27. The molecule has 0 aliphatic heterocycles. The number of anilines is 2. The lowest BCUT2D eigenvalue weighted by Gasteiger charge is -2.21. The van der Waals surface area contributed by atoms with Crippen LogP contribution in [-0.4, -0.2) is 16.5 Å². The Morgan fingerprint density at radius 2 is 2.11 bits per heavy atom. The van der Waals surface area contributed by atoms with E-state index in [2.05, 4.69) is 10.3 Å². The molecule has 1 aliphatic rings. The molecule has 0 unspecified atom stereocenters. The van der Waals surface area contributed by atoms with Gasteiger partial charge in [0.1, 0.15) is 5.82 Å². The minimum atomic E-state index is -0.435. The van der Waals surface area contributed by atoms with Gasteiger partial charge in [-0.1, -0.05) is 32.1 Å². The topological polar surface area (TPSA) is 94.1 Å². The zero-order valence-corrected chi connectivity index (χ0v) is 11.0. The molecule has 0 radical (unpaired) electrons. The number of nitro groups is 1. The van der Waals surface area contributed by atoms with Gasteiger partial charge in [0.2, 0.25) is 5.82 Å². The Kier molecular flexibility index (Phi) is 4.54. The van der Waals surface area contributed by atoms with E-state index in [0.29, 0.717) is 12.4 Å². The van der Waals surface area contributed by atoms with E-state index in [9.17, 15) is 10.1 Å². The van der Waals surface area contributed by atoms with Gasteiger partial charge in [0.15, 0.2) is 0 Å². The van der Waals surface area contributed by atoms with Crippen molar-refractivity contribution in [2.24, 2.45) is 5.92 Å². The summed E-state index contributed by atoms with van der Waals surface area (Å²) in [5, 5.41) is 13.9. The number of nitrogen functional groups attached to an aromatic ring is 1. The zero-order chi connectivity index (χ0) is 13.7. The van der Waals surface area contributed by atoms with Crippen molar-refractivity contribution >= 4 is 17.3 Å². The van der Waals surface area contributed by atoms with Gasteiger partial charge in [-0.25, -0.2) is 4.98 Å². The third-order valence-corrected chi connectivity index (χ3v) is 3.66. The maximum Gasteiger partial charge on any atom is 0.311 e. The molecule has 3 N–H and O–H groups in total. The molecule has 19 heavy (non-hydrogen) atoms. The van der Waals surface area contributed by atoms with Crippen molar-refractivity contribution in [2.75, 3.05) is 17.6 Å². The van der Waals surface area contributed by atoms with E-state index in [-0.39, 0.29) is 11.5 Å². The van der Waals surface area contributed by atoms with Crippen LogP contribution < -0.4 is 11.1 Å². The van der Waals surface area contributed by atoms with Crippen LogP contribution in [0.15, 0.2) is 12.1 Å². The molecular formula is C13H20N4O2. The summed E-state index contributed by atoms with van der Waals surface area (Å²) in [6.07, 6.45) is 7.53. The molecule has 1 saturated carbocycles. The summed E-state index contributed by atoms with van der Waals surface area (Å²) in [7, 11) is 0. The molecule has 0 bridgehead atoms. The molecule has 1 heterocycles. The van der Waals surface area contributed by atoms with Crippen LogP contribution in [0.5, 0.6) is 0 Å². The highest BCUT2D eigenvalue weighted by Gasteiger charge is 2.17. The van der Waals surface area contributed by atoms with Crippen molar-refractivity contribution in [3.05, 3.63) is 22.2 Å². The first-order valence-corrected chi connectivity index (χ1v) is 6.81. The van der Waals surface area contributed by atoms with Crippen LogP contribution in [0, 0.1) is 16.0 Å². The number of aromatic nitrogens is 1. The van der Waals surface area contributed by atoms with Gasteiger partial charge >= 0.3 is 5.69 Å². The van der Waals surface area contributed by atoms with Gasteiger partial charge in [-0.05, 0) is 18.4 Å². The lowest BCUT2D eigenvalue weighted by molar-refractivity contribution is -0.384. The van der Waals surface area contributed by atoms with Crippen LogP contribution in [0.1, 0.15) is 38.5 Å². The van der Waals surface area contributed by atoms with Crippen LogP contribution in [0.3, 0.4) is 0 Å². The number of hydrogen-bond donors (Lipinski definition) is 2. The van der Waals surface area contributed by atoms with E-state index < -0.39 is 4.92 Å². The van der Waals surface area contributed by atoms with Crippen molar-refractivity contribution in [1.82, 2.24) is 4.98 Å². The Hall–Kier alpha value is -1.85. The van der Waals surface area contributed by atoms with E-state index in [0.717, 1.165) is 12.3 Å². The molecular weight excluding hydrogens is 244 g/mol. The molecule has 0 aromatic carbocycles. The van der Waals surface area contributed by atoms with Gasteiger partial charge in [0.25, 0.3) is 0 Å². The fourth-order valence-electron chi connectivity index (χ4n) is 2.61. The molecule has 0 saturated heterocycles. The van der Waals surface area contributed by atoms with E-state index in [1.807, 2.05) is 0 Å². The Morgan fingerprint density at radius 1 is 1.37 bits per heavy atom. The number of nitrogens with zero attached hydrogens (tertiary/aromatic N) is 2. The average molecular weight is 264 g/mol. The van der Waals surface area contributed by atoms with Crippen molar-refractivity contribution < 1.29 is 4.92 Å². The van der Waals surface area contributed by atoms with E-state index in [1.54, 1.807) is 0 Å². The normalized spacial score (nSPS) is 16.2. The highest BCUT2D eigenvalue weighted by atomic mass is 16.6. The van der Waals surface area contributed by atoms with Gasteiger partial charge < -0.3 is 11.1 Å². The summed E-state index contributed by atoms with van der Waals surface area (Å²) < 4.78 is 0. The number of nitrogens with two attached hydrogens (primary N) is 1. The highest BCUT2D eigenvalue weighted by molar-refractivity contribution is 5.59. The molecule has 6 nitrogen and oxygen atoms in total.